The Kier molecular flexibility index (Phi) is 4.03. The van der Waals surface area contributed by atoms with Crippen LogP contribution in [-0.2, 0) is 10.2 Å². The number of nitrogens with one attached hydrogen (secondary N) is 1. The zero-order chi connectivity index (χ0) is 17.5. The minimum Gasteiger partial charge on any atom is -0.338 e. The number of hydrogen-bond acceptors (Lipinski definition) is 5. The van der Waals surface area contributed by atoms with Crippen molar-refractivity contribution in [2.45, 2.75) is 57.9 Å². The molecule has 1 amide bonds. The molecule has 0 bridgehead atoms. The van der Waals surface area contributed by atoms with Gasteiger partial charge in [-0.05, 0) is 25.8 Å². The van der Waals surface area contributed by atoms with E-state index in [1.165, 1.54) is 10.7 Å². The van der Waals surface area contributed by atoms with Crippen LogP contribution in [0.4, 0.5) is 5.88 Å². The van der Waals surface area contributed by atoms with E-state index in [0.29, 0.717) is 5.92 Å². The van der Waals surface area contributed by atoms with Gasteiger partial charge in [-0.2, -0.15) is 5.10 Å². The van der Waals surface area contributed by atoms with Gasteiger partial charge in [0.25, 0.3) is 11.5 Å². The molecule has 1 aliphatic carbocycles. The third-order valence-electron chi connectivity index (χ3n) is 4.11. The van der Waals surface area contributed by atoms with Crippen LogP contribution in [0.2, 0.25) is 0 Å². The van der Waals surface area contributed by atoms with Crippen molar-refractivity contribution < 1.29 is 9.32 Å². The first kappa shape index (κ1) is 16.4. The maximum Gasteiger partial charge on any atom is 0.267 e. The Morgan fingerprint density at radius 2 is 2.08 bits per heavy atom. The normalized spacial score (nSPS) is 16.0. The lowest BCUT2D eigenvalue weighted by molar-refractivity contribution is -0.119. The van der Waals surface area contributed by atoms with Gasteiger partial charge >= 0.3 is 0 Å². The minimum atomic E-state index is -0.737. The van der Waals surface area contributed by atoms with Crippen LogP contribution in [0.15, 0.2) is 27.5 Å². The highest BCUT2D eigenvalue weighted by atomic mass is 16.5. The molecule has 0 aliphatic heterocycles. The SMILES string of the molecule is CC(C(=O)Nc1cc(C(C)(C)C)no1)n1nc(C2CC2)ccc1=O. The fourth-order valence-corrected chi connectivity index (χ4v) is 2.34. The number of carbonyl (C=O) groups is 1. The van der Waals surface area contributed by atoms with Gasteiger partial charge < -0.3 is 4.52 Å². The minimum absolute atomic E-state index is 0.171. The van der Waals surface area contributed by atoms with E-state index in [2.05, 4.69) is 15.6 Å². The number of rotatable bonds is 4. The van der Waals surface area contributed by atoms with E-state index in [0.717, 1.165) is 24.2 Å². The van der Waals surface area contributed by atoms with Gasteiger partial charge in [0, 0.05) is 23.5 Å². The van der Waals surface area contributed by atoms with Gasteiger partial charge in [0.05, 0.1) is 11.4 Å². The number of anilines is 1. The van der Waals surface area contributed by atoms with Gasteiger partial charge in [0.1, 0.15) is 6.04 Å². The Morgan fingerprint density at radius 1 is 1.38 bits per heavy atom. The zero-order valence-electron chi connectivity index (χ0n) is 14.4. The summed E-state index contributed by atoms with van der Waals surface area (Å²) < 4.78 is 6.39. The van der Waals surface area contributed by atoms with Crippen molar-refractivity contribution in [2.75, 3.05) is 5.32 Å². The number of amides is 1. The van der Waals surface area contributed by atoms with Gasteiger partial charge in [-0.1, -0.05) is 25.9 Å². The average molecular weight is 330 g/mol. The Bertz CT molecular complexity index is 812. The number of carbonyl (C=O) groups excluding carboxylic acids is 1. The van der Waals surface area contributed by atoms with E-state index in [1.807, 2.05) is 20.8 Å². The van der Waals surface area contributed by atoms with E-state index in [4.69, 9.17) is 4.52 Å². The van der Waals surface area contributed by atoms with Crippen molar-refractivity contribution in [1.82, 2.24) is 14.9 Å². The molecule has 24 heavy (non-hydrogen) atoms. The summed E-state index contributed by atoms with van der Waals surface area (Å²) in [6, 6.07) is 4.17. The van der Waals surface area contributed by atoms with E-state index in [9.17, 15) is 9.59 Å². The van der Waals surface area contributed by atoms with E-state index in [1.54, 1.807) is 19.1 Å². The van der Waals surface area contributed by atoms with Crippen LogP contribution in [0, 0.1) is 0 Å². The van der Waals surface area contributed by atoms with Crippen molar-refractivity contribution in [3.63, 3.8) is 0 Å². The molecule has 3 rings (SSSR count). The Hall–Kier alpha value is -2.44. The summed E-state index contributed by atoms with van der Waals surface area (Å²) in [7, 11) is 0. The molecular formula is C17H22N4O3. The highest BCUT2D eigenvalue weighted by molar-refractivity contribution is 5.92. The van der Waals surface area contributed by atoms with E-state index < -0.39 is 6.04 Å². The lowest BCUT2D eigenvalue weighted by Gasteiger charge is -2.14. The van der Waals surface area contributed by atoms with E-state index in [-0.39, 0.29) is 22.8 Å². The second-order valence-corrected chi connectivity index (χ2v) is 7.31. The second kappa shape index (κ2) is 5.89. The molecule has 1 unspecified atom stereocenters. The molecule has 1 saturated carbocycles. The fraction of sp³-hybridized carbons (Fsp3) is 0.529. The van der Waals surface area contributed by atoms with Crippen LogP contribution in [0.1, 0.15) is 63.9 Å². The molecular weight excluding hydrogens is 308 g/mol. The summed E-state index contributed by atoms with van der Waals surface area (Å²) in [6.07, 6.45) is 2.17. The molecule has 0 saturated heterocycles. The van der Waals surface area contributed by atoms with Crippen LogP contribution in [-0.4, -0.2) is 20.8 Å². The van der Waals surface area contributed by atoms with Crippen molar-refractivity contribution in [3.05, 3.63) is 39.9 Å². The summed E-state index contributed by atoms with van der Waals surface area (Å²) in [5, 5.41) is 11.0. The maximum atomic E-state index is 12.4. The van der Waals surface area contributed by atoms with Gasteiger partial charge in [-0.25, -0.2) is 4.68 Å². The number of nitrogens with zero attached hydrogens (tertiary/aromatic N) is 3. The third-order valence-corrected chi connectivity index (χ3v) is 4.11. The summed E-state index contributed by atoms with van der Waals surface area (Å²) in [5.74, 6) is 0.313. The molecule has 7 heteroatoms. The van der Waals surface area contributed by atoms with Crippen molar-refractivity contribution in [2.24, 2.45) is 0 Å². The molecule has 1 N–H and O–H groups in total. The van der Waals surface area contributed by atoms with Gasteiger partial charge in [0.2, 0.25) is 5.88 Å². The molecule has 0 radical (unpaired) electrons. The van der Waals surface area contributed by atoms with Crippen LogP contribution >= 0.6 is 0 Å². The first-order valence-electron chi connectivity index (χ1n) is 8.13. The van der Waals surface area contributed by atoms with Gasteiger partial charge in [-0.3, -0.25) is 14.9 Å². The standard InChI is InChI=1S/C17H22N4O3/c1-10(21-15(22)8-7-12(19-21)11-5-6-11)16(23)18-14-9-13(20-24-14)17(2,3)4/h7-11H,5-6H2,1-4H3,(H,18,23). The topological polar surface area (TPSA) is 90.0 Å². The smallest absolute Gasteiger partial charge is 0.267 e. The summed E-state index contributed by atoms with van der Waals surface area (Å²) in [4.78, 5) is 24.5. The zero-order valence-corrected chi connectivity index (χ0v) is 14.4. The summed E-state index contributed by atoms with van der Waals surface area (Å²) in [5.41, 5.74) is 1.14. The highest BCUT2D eigenvalue weighted by Crippen LogP contribution is 2.38. The molecule has 0 spiro atoms. The van der Waals surface area contributed by atoms with E-state index >= 15 is 0 Å². The van der Waals surface area contributed by atoms with Crippen molar-refractivity contribution in [3.8, 4) is 0 Å². The van der Waals surface area contributed by atoms with Crippen LogP contribution < -0.4 is 10.9 Å². The largest absolute Gasteiger partial charge is 0.338 e. The predicted molar refractivity (Wildman–Crippen MR) is 89.0 cm³/mol. The predicted octanol–water partition coefficient (Wildman–Crippen LogP) is 2.61. The molecule has 2 aromatic rings. The third kappa shape index (κ3) is 3.39. The lowest BCUT2D eigenvalue weighted by atomic mass is 9.92. The average Bonchev–Trinajstić information content (AvgIpc) is 3.25. The molecule has 7 nitrogen and oxygen atoms in total. The lowest BCUT2D eigenvalue weighted by Crippen LogP contribution is -2.33. The first-order valence-corrected chi connectivity index (χ1v) is 8.13. The Morgan fingerprint density at radius 3 is 2.67 bits per heavy atom. The molecule has 1 atom stereocenters. The van der Waals surface area contributed by atoms with Crippen LogP contribution in [0.3, 0.4) is 0 Å². The Balaban J connectivity index is 1.76. The highest BCUT2D eigenvalue weighted by Gasteiger charge is 2.27. The van der Waals surface area contributed by atoms with Crippen LogP contribution in [0.25, 0.3) is 0 Å². The number of hydrogen-bond donors (Lipinski definition) is 1. The molecule has 0 aromatic carbocycles. The monoisotopic (exact) mass is 330 g/mol. The summed E-state index contributed by atoms with van der Waals surface area (Å²) in [6.45, 7) is 7.66. The van der Waals surface area contributed by atoms with Crippen LogP contribution in [0.5, 0.6) is 0 Å². The van der Waals surface area contributed by atoms with Gasteiger partial charge in [-0.15, -0.1) is 0 Å². The van der Waals surface area contributed by atoms with Crippen molar-refractivity contribution >= 4 is 11.8 Å². The van der Waals surface area contributed by atoms with Gasteiger partial charge in [0.15, 0.2) is 0 Å². The molecule has 2 heterocycles. The molecule has 1 fully saturated rings. The molecule has 2 aromatic heterocycles. The summed E-state index contributed by atoms with van der Waals surface area (Å²) >= 11 is 0. The van der Waals surface area contributed by atoms with Crippen molar-refractivity contribution in [1.29, 1.82) is 0 Å². The maximum absolute atomic E-state index is 12.4. The Labute approximate surface area is 140 Å². The molecule has 1 aliphatic rings. The number of aromatic nitrogens is 3. The quantitative estimate of drug-likeness (QED) is 0.930. The second-order valence-electron chi connectivity index (χ2n) is 7.31. The fourth-order valence-electron chi connectivity index (χ4n) is 2.34. The first-order chi connectivity index (χ1) is 11.3. The molecule has 128 valence electrons.